The molecule has 2 aromatic heterocycles. The van der Waals surface area contributed by atoms with Crippen LogP contribution in [0.1, 0.15) is 53.6 Å². The van der Waals surface area contributed by atoms with Crippen LogP contribution in [0, 0.1) is 6.92 Å². The first-order valence-corrected chi connectivity index (χ1v) is 9.32. The van der Waals surface area contributed by atoms with Gasteiger partial charge in [-0.2, -0.15) is 9.59 Å². The predicted octanol–water partition coefficient (Wildman–Crippen LogP) is 2.60. The summed E-state index contributed by atoms with van der Waals surface area (Å²) < 4.78 is 0. The highest BCUT2D eigenvalue weighted by Gasteiger charge is 2.08. The van der Waals surface area contributed by atoms with E-state index < -0.39 is 0 Å². The van der Waals surface area contributed by atoms with Crippen molar-refractivity contribution in [3.05, 3.63) is 63.5 Å². The monoisotopic (exact) mass is 394 g/mol. The molecule has 0 saturated carbocycles. The molecule has 8 nitrogen and oxygen atoms in total. The van der Waals surface area contributed by atoms with Gasteiger partial charge in [0.2, 0.25) is 0 Å². The summed E-state index contributed by atoms with van der Waals surface area (Å²) in [5.74, 6) is 0.721. The maximum absolute atomic E-state index is 12.0. The zero-order chi connectivity index (χ0) is 21.2. The van der Waals surface area contributed by atoms with Gasteiger partial charge in [0.1, 0.15) is 5.82 Å². The van der Waals surface area contributed by atoms with Crippen molar-refractivity contribution in [2.45, 2.75) is 46.0 Å². The van der Waals surface area contributed by atoms with Gasteiger partial charge in [0.15, 0.2) is 16.9 Å². The van der Waals surface area contributed by atoms with E-state index in [0.29, 0.717) is 24.3 Å². The number of benzene rings is 1. The molecule has 0 amide bonds. The van der Waals surface area contributed by atoms with Gasteiger partial charge in [0.05, 0.1) is 11.9 Å². The first-order valence-electron chi connectivity index (χ1n) is 9.32. The van der Waals surface area contributed by atoms with E-state index in [1.54, 1.807) is 13.1 Å². The van der Waals surface area contributed by atoms with Gasteiger partial charge in [0.25, 0.3) is 5.56 Å². The molecule has 2 heterocycles. The summed E-state index contributed by atoms with van der Waals surface area (Å²) in [4.78, 5) is 55.7. The summed E-state index contributed by atoms with van der Waals surface area (Å²) in [5, 5.41) is 0. The third-order valence-electron chi connectivity index (χ3n) is 4.29. The molecular weight excluding hydrogens is 372 g/mol. The molecule has 1 N–H and O–H groups in total. The Kier molecular flexibility index (Phi) is 8.06. The van der Waals surface area contributed by atoms with Crippen LogP contribution in [-0.4, -0.2) is 31.9 Å². The predicted molar refractivity (Wildman–Crippen MR) is 105 cm³/mol. The van der Waals surface area contributed by atoms with E-state index in [0.717, 1.165) is 36.1 Å². The van der Waals surface area contributed by atoms with Crippen LogP contribution in [-0.2, 0) is 22.4 Å². The number of ketones is 1. The minimum Gasteiger partial charge on any atom is -0.309 e. The number of nitrogens with one attached hydrogen (secondary N) is 1. The molecule has 0 aliphatic heterocycles. The summed E-state index contributed by atoms with van der Waals surface area (Å²) >= 11 is 0. The normalized spacial score (nSPS) is 10.1. The molecule has 29 heavy (non-hydrogen) atoms. The highest BCUT2D eigenvalue weighted by Crippen LogP contribution is 2.12. The number of unbranched alkanes of at least 4 members (excludes halogenated alkanes) is 1. The van der Waals surface area contributed by atoms with E-state index in [2.05, 4.69) is 26.9 Å². The lowest BCUT2D eigenvalue weighted by Gasteiger charge is -2.05. The van der Waals surface area contributed by atoms with Gasteiger partial charge < -0.3 is 4.98 Å². The van der Waals surface area contributed by atoms with Crippen molar-refractivity contribution in [2.24, 2.45) is 0 Å². The molecule has 0 atom stereocenters. The number of aryl methyl sites for hydroxylation is 3. The van der Waals surface area contributed by atoms with Gasteiger partial charge in [-0.25, -0.2) is 15.0 Å². The van der Waals surface area contributed by atoms with Gasteiger partial charge in [-0.15, -0.1) is 0 Å². The quantitative estimate of drug-likeness (QED) is 0.611. The molecule has 0 aliphatic rings. The Bertz CT molecular complexity index is 1070. The van der Waals surface area contributed by atoms with E-state index >= 15 is 0 Å². The van der Waals surface area contributed by atoms with Crippen molar-refractivity contribution >= 4 is 23.1 Å². The maximum Gasteiger partial charge on any atom is 0.373 e. The van der Waals surface area contributed by atoms with E-state index in [-0.39, 0.29) is 23.0 Å². The molecule has 0 aliphatic carbocycles. The Labute approximate surface area is 167 Å². The minimum atomic E-state index is -0.267. The van der Waals surface area contributed by atoms with E-state index in [4.69, 9.17) is 9.59 Å². The molecule has 1 aromatic carbocycles. The molecule has 8 heteroatoms. The van der Waals surface area contributed by atoms with Crippen LogP contribution in [0.15, 0.2) is 35.3 Å². The fraction of sp³-hybridized carbons (Fsp3) is 0.333. The second-order valence-electron chi connectivity index (χ2n) is 6.49. The molecule has 0 fully saturated rings. The molecule has 0 unspecified atom stereocenters. The number of hydrogen-bond acceptors (Lipinski definition) is 7. The molecule has 0 radical (unpaired) electrons. The lowest BCUT2D eigenvalue weighted by molar-refractivity contribution is -0.191. The summed E-state index contributed by atoms with van der Waals surface area (Å²) in [6.45, 7) is 3.80. The highest BCUT2D eigenvalue weighted by molar-refractivity contribution is 5.96. The number of fused-ring (bicyclic) bond motifs is 1. The number of rotatable bonds is 7. The second-order valence-corrected chi connectivity index (χ2v) is 6.49. The summed E-state index contributed by atoms with van der Waals surface area (Å²) in [7, 11) is 0. The largest absolute Gasteiger partial charge is 0.373 e. The van der Waals surface area contributed by atoms with Gasteiger partial charge in [-0.3, -0.25) is 9.59 Å². The number of Topliss-reactive ketones (excluding diaryl/α,β-unsaturated/α-hetero) is 1. The van der Waals surface area contributed by atoms with Gasteiger partial charge in [-0.05, 0) is 31.7 Å². The number of aromatic nitrogens is 4. The third-order valence-corrected chi connectivity index (χ3v) is 4.29. The molecule has 0 bridgehead atoms. The average Bonchev–Trinajstić information content (AvgIpc) is 2.71. The number of aromatic amines is 1. The number of nitrogens with zero attached hydrogens (tertiary/aromatic N) is 3. The van der Waals surface area contributed by atoms with Crippen molar-refractivity contribution in [3.8, 4) is 0 Å². The molecule has 0 spiro atoms. The Morgan fingerprint density at radius 3 is 2.45 bits per heavy atom. The van der Waals surface area contributed by atoms with Crippen LogP contribution >= 0.6 is 0 Å². The minimum absolute atomic E-state index is 0.195. The zero-order valence-electron chi connectivity index (χ0n) is 16.4. The van der Waals surface area contributed by atoms with Gasteiger partial charge >= 0.3 is 6.15 Å². The number of H-pyrrole nitrogens is 1. The highest BCUT2D eigenvalue weighted by atomic mass is 16.2. The van der Waals surface area contributed by atoms with E-state index in [9.17, 15) is 9.59 Å². The lowest BCUT2D eigenvalue weighted by atomic mass is 10.0. The standard InChI is InChI=1S/C20H22N4O2.CO2/c1-3-4-5-17(25)15-9-6-14(7-10-15)8-11-16-12-21-19-18(24-16)20(26)23-13(2)22-19;2-1-3/h6-7,9-10,12H,3-5,8,11H2,1-2H3,(H,21,22,23,26);. The summed E-state index contributed by atoms with van der Waals surface area (Å²) in [6, 6.07) is 7.73. The molecule has 3 aromatic rings. The maximum atomic E-state index is 12.0. The van der Waals surface area contributed by atoms with Crippen molar-refractivity contribution < 1.29 is 14.4 Å². The smallest absolute Gasteiger partial charge is 0.309 e. The zero-order valence-corrected chi connectivity index (χ0v) is 16.4. The Morgan fingerprint density at radius 1 is 1.10 bits per heavy atom. The van der Waals surface area contributed by atoms with Crippen molar-refractivity contribution in [1.29, 1.82) is 0 Å². The summed E-state index contributed by atoms with van der Waals surface area (Å²) in [5.41, 5.74) is 3.00. The van der Waals surface area contributed by atoms with Gasteiger partial charge in [0, 0.05) is 12.0 Å². The van der Waals surface area contributed by atoms with Crippen LogP contribution in [0.3, 0.4) is 0 Å². The van der Waals surface area contributed by atoms with Crippen LogP contribution in [0.2, 0.25) is 0 Å². The number of carbonyl (C=O) groups excluding carboxylic acids is 3. The Balaban J connectivity index is 0.000000941. The first kappa shape index (κ1) is 21.8. The molecule has 3 rings (SSSR count). The molecule has 0 saturated heterocycles. The van der Waals surface area contributed by atoms with Crippen molar-refractivity contribution in [3.63, 3.8) is 0 Å². The van der Waals surface area contributed by atoms with Crippen LogP contribution < -0.4 is 5.56 Å². The topological polar surface area (TPSA) is 123 Å². The first-order chi connectivity index (χ1) is 14.0. The second kappa shape index (κ2) is 10.7. The van der Waals surface area contributed by atoms with Crippen molar-refractivity contribution in [1.82, 2.24) is 19.9 Å². The number of carbonyl (C=O) groups is 1. The van der Waals surface area contributed by atoms with E-state index in [1.807, 2.05) is 24.3 Å². The van der Waals surface area contributed by atoms with Crippen molar-refractivity contribution in [2.75, 3.05) is 0 Å². The summed E-state index contributed by atoms with van der Waals surface area (Å²) in [6.07, 6.45) is 5.89. The van der Waals surface area contributed by atoms with Crippen LogP contribution in [0.5, 0.6) is 0 Å². The fourth-order valence-corrected chi connectivity index (χ4v) is 2.80. The Morgan fingerprint density at radius 2 is 1.79 bits per heavy atom. The number of hydrogen-bond donors (Lipinski definition) is 1. The van der Waals surface area contributed by atoms with Crippen LogP contribution in [0.4, 0.5) is 0 Å². The van der Waals surface area contributed by atoms with Crippen LogP contribution in [0.25, 0.3) is 11.2 Å². The molecule has 150 valence electrons. The van der Waals surface area contributed by atoms with Gasteiger partial charge in [-0.1, -0.05) is 37.6 Å². The average molecular weight is 394 g/mol. The SMILES string of the molecule is CCCCC(=O)c1ccc(CCc2cnc3nc(C)[nH]c(=O)c3n2)cc1.O=C=O. The van der Waals surface area contributed by atoms with E-state index in [1.165, 1.54) is 0 Å². The molecular formula is C21H22N4O4. The Hall–Kier alpha value is -3.51. The lowest BCUT2D eigenvalue weighted by Crippen LogP contribution is -2.13. The third kappa shape index (κ3) is 6.26. The fourth-order valence-electron chi connectivity index (χ4n) is 2.80.